The van der Waals surface area contributed by atoms with Gasteiger partial charge in [0.1, 0.15) is 17.9 Å². The molecule has 1 N–H and O–H groups in total. The molecule has 4 heteroatoms. The quantitative estimate of drug-likeness (QED) is 0.524. The van der Waals surface area contributed by atoms with Gasteiger partial charge >= 0.3 is 0 Å². The summed E-state index contributed by atoms with van der Waals surface area (Å²) >= 11 is 0. The second kappa shape index (κ2) is 7.19. The fourth-order valence-corrected chi connectivity index (χ4v) is 3.02. The van der Waals surface area contributed by atoms with Crippen LogP contribution >= 0.6 is 0 Å². The van der Waals surface area contributed by atoms with Crippen molar-refractivity contribution in [2.75, 3.05) is 12.4 Å². The molecule has 0 spiro atoms. The van der Waals surface area contributed by atoms with Gasteiger partial charge in [0.25, 0.3) is 0 Å². The van der Waals surface area contributed by atoms with Crippen molar-refractivity contribution in [2.45, 2.75) is 0 Å². The van der Waals surface area contributed by atoms with Gasteiger partial charge in [0.15, 0.2) is 0 Å². The number of hydrogen-bond acceptors (Lipinski definition) is 4. The van der Waals surface area contributed by atoms with E-state index in [0.29, 0.717) is 5.82 Å². The van der Waals surface area contributed by atoms with Crippen molar-refractivity contribution in [2.24, 2.45) is 0 Å². The SMILES string of the molecule is C#Cc1cccc(Nc2ncnc3cc(OC)c(-c4ccccc4)cc23)c1. The smallest absolute Gasteiger partial charge is 0.141 e. The van der Waals surface area contributed by atoms with Gasteiger partial charge in [-0.15, -0.1) is 6.42 Å². The molecule has 3 aromatic carbocycles. The molecule has 0 unspecified atom stereocenters. The Morgan fingerprint density at radius 2 is 1.81 bits per heavy atom. The van der Waals surface area contributed by atoms with Crippen LogP contribution in [0.3, 0.4) is 0 Å². The van der Waals surface area contributed by atoms with Gasteiger partial charge in [0, 0.05) is 28.3 Å². The van der Waals surface area contributed by atoms with Crippen LogP contribution in [0.5, 0.6) is 5.75 Å². The van der Waals surface area contributed by atoms with Gasteiger partial charge in [0.05, 0.1) is 12.6 Å². The lowest BCUT2D eigenvalue weighted by molar-refractivity contribution is 0.417. The number of anilines is 2. The summed E-state index contributed by atoms with van der Waals surface area (Å²) in [6.45, 7) is 0. The summed E-state index contributed by atoms with van der Waals surface area (Å²) in [5.74, 6) is 4.13. The van der Waals surface area contributed by atoms with Crippen molar-refractivity contribution in [3.63, 3.8) is 0 Å². The summed E-state index contributed by atoms with van der Waals surface area (Å²) in [4.78, 5) is 8.83. The Labute approximate surface area is 157 Å². The Balaban J connectivity index is 1.85. The van der Waals surface area contributed by atoms with E-state index in [2.05, 4.69) is 39.4 Å². The first-order valence-corrected chi connectivity index (χ1v) is 8.50. The highest BCUT2D eigenvalue weighted by Crippen LogP contribution is 2.35. The van der Waals surface area contributed by atoms with Gasteiger partial charge in [-0.1, -0.05) is 42.3 Å². The number of terminal acetylenes is 1. The van der Waals surface area contributed by atoms with E-state index in [4.69, 9.17) is 11.2 Å². The molecule has 0 saturated heterocycles. The third-order valence-corrected chi connectivity index (χ3v) is 4.33. The molecule has 27 heavy (non-hydrogen) atoms. The lowest BCUT2D eigenvalue weighted by atomic mass is 10.0. The number of benzene rings is 3. The van der Waals surface area contributed by atoms with Crippen molar-refractivity contribution in [3.8, 4) is 29.2 Å². The van der Waals surface area contributed by atoms with Gasteiger partial charge in [0.2, 0.25) is 0 Å². The molecule has 0 aliphatic heterocycles. The lowest BCUT2D eigenvalue weighted by Crippen LogP contribution is -1.98. The molecule has 0 fully saturated rings. The van der Waals surface area contributed by atoms with Crippen LogP contribution in [0.2, 0.25) is 0 Å². The first kappa shape index (κ1) is 16.6. The molecule has 130 valence electrons. The van der Waals surface area contributed by atoms with Gasteiger partial charge in [-0.05, 0) is 29.8 Å². The summed E-state index contributed by atoms with van der Waals surface area (Å²) in [5, 5.41) is 4.26. The number of rotatable bonds is 4. The third kappa shape index (κ3) is 3.31. The number of ether oxygens (including phenoxy) is 1. The maximum Gasteiger partial charge on any atom is 0.141 e. The number of nitrogens with zero attached hydrogens (tertiary/aromatic N) is 2. The predicted molar refractivity (Wildman–Crippen MR) is 109 cm³/mol. The van der Waals surface area contributed by atoms with Gasteiger partial charge in [-0.2, -0.15) is 0 Å². The minimum Gasteiger partial charge on any atom is -0.496 e. The van der Waals surface area contributed by atoms with E-state index in [1.54, 1.807) is 7.11 Å². The zero-order chi connectivity index (χ0) is 18.6. The molecule has 0 bridgehead atoms. The Bertz CT molecular complexity index is 1150. The summed E-state index contributed by atoms with van der Waals surface area (Å²) < 4.78 is 5.59. The van der Waals surface area contributed by atoms with E-state index in [0.717, 1.165) is 39.0 Å². The van der Waals surface area contributed by atoms with Crippen LogP contribution in [0.15, 0.2) is 73.1 Å². The van der Waals surface area contributed by atoms with Crippen molar-refractivity contribution in [3.05, 3.63) is 78.6 Å². The van der Waals surface area contributed by atoms with Crippen molar-refractivity contribution in [1.82, 2.24) is 9.97 Å². The highest BCUT2D eigenvalue weighted by molar-refractivity contribution is 5.96. The Kier molecular flexibility index (Phi) is 4.42. The van der Waals surface area contributed by atoms with Gasteiger partial charge < -0.3 is 10.1 Å². The summed E-state index contributed by atoms with van der Waals surface area (Å²) in [7, 11) is 1.67. The second-order valence-corrected chi connectivity index (χ2v) is 6.01. The van der Waals surface area contributed by atoms with Crippen LogP contribution in [-0.2, 0) is 0 Å². The molecule has 4 aromatic rings. The average molecular weight is 351 g/mol. The first-order valence-electron chi connectivity index (χ1n) is 8.50. The Hall–Kier alpha value is -3.84. The van der Waals surface area contributed by atoms with E-state index < -0.39 is 0 Å². The largest absolute Gasteiger partial charge is 0.496 e. The molecular weight excluding hydrogens is 334 g/mol. The zero-order valence-corrected chi connectivity index (χ0v) is 14.8. The van der Waals surface area contributed by atoms with Crippen LogP contribution in [0.1, 0.15) is 5.56 Å². The van der Waals surface area contributed by atoms with Crippen molar-refractivity contribution in [1.29, 1.82) is 0 Å². The van der Waals surface area contributed by atoms with E-state index in [9.17, 15) is 0 Å². The van der Waals surface area contributed by atoms with Crippen molar-refractivity contribution < 1.29 is 4.74 Å². The molecule has 0 aliphatic carbocycles. The first-order chi connectivity index (χ1) is 13.3. The number of fused-ring (bicyclic) bond motifs is 1. The highest BCUT2D eigenvalue weighted by Gasteiger charge is 2.12. The van der Waals surface area contributed by atoms with E-state index in [1.807, 2.05) is 48.5 Å². The summed E-state index contributed by atoms with van der Waals surface area (Å²) in [6, 6.07) is 21.8. The lowest BCUT2D eigenvalue weighted by Gasteiger charge is -2.13. The minimum absolute atomic E-state index is 0.717. The average Bonchev–Trinajstić information content (AvgIpc) is 2.74. The molecule has 4 nitrogen and oxygen atoms in total. The maximum atomic E-state index is 5.59. The minimum atomic E-state index is 0.717. The molecule has 0 radical (unpaired) electrons. The number of hydrogen-bond donors (Lipinski definition) is 1. The number of methoxy groups -OCH3 is 1. The summed E-state index contributed by atoms with van der Waals surface area (Å²) in [5.41, 5.74) is 4.55. The molecule has 4 rings (SSSR count). The molecule has 0 amide bonds. The molecule has 0 saturated carbocycles. The molecule has 0 atom stereocenters. The summed E-state index contributed by atoms with van der Waals surface area (Å²) in [6.07, 6.45) is 7.04. The molecule has 1 aromatic heterocycles. The van der Waals surface area contributed by atoms with Crippen LogP contribution in [0.25, 0.3) is 22.0 Å². The van der Waals surface area contributed by atoms with Crippen LogP contribution in [0.4, 0.5) is 11.5 Å². The number of nitrogens with one attached hydrogen (secondary N) is 1. The normalized spacial score (nSPS) is 10.4. The Morgan fingerprint density at radius 1 is 0.963 bits per heavy atom. The van der Waals surface area contributed by atoms with Crippen LogP contribution in [-0.4, -0.2) is 17.1 Å². The standard InChI is InChI=1S/C23H17N3O/c1-3-16-8-7-11-18(12-16)26-23-20-13-19(17-9-5-4-6-10-17)22(27-2)14-21(20)24-15-25-23/h1,4-15H,2H3,(H,24,25,26). The molecule has 1 heterocycles. The fourth-order valence-electron chi connectivity index (χ4n) is 3.02. The Morgan fingerprint density at radius 3 is 2.59 bits per heavy atom. The second-order valence-electron chi connectivity index (χ2n) is 6.01. The van der Waals surface area contributed by atoms with Gasteiger partial charge in [-0.25, -0.2) is 9.97 Å². The van der Waals surface area contributed by atoms with E-state index in [1.165, 1.54) is 6.33 Å². The third-order valence-electron chi connectivity index (χ3n) is 4.33. The monoisotopic (exact) mass is 351 g/mol. The fraction of sp³-hybridized carbons (Fsp3) is 0.0435. The maximum absolute atomic E-state index is 5.59. The number of aromatic nitrogens is 2. The van der Waals surface area contributed by atoms with Crippen molar-refractivity contribution >= 4 is 22.4 Å². The van der Waals surface area contributed by atoms with Gasteiger partial charge in [-0.3, -0.25) is 0 Å². The zero-order valence-electron chi connectivity index (χ0n) is 14.8. The van der Waals surface area contributed by atoms with E-state index >= 15 is 0 Å². The van der Waals surface area contributed by atoms with E-state index in [-0.39, 0.29) is 0 Å². The van der Waals surface area contributed by atoms with Crippen LogP contribution < -0.4 is 10.1 Å². The topological polar surface area (TPSA) is 47.0 Å². The molecular formula is C23H17N3O. The molecule has 0 aliphatic rings. The van der Waals surface area contributed by atoms with Crippen LogP contribution in [0, 0.1) is 12.3 Å². The predicted octanol–water partition coefficient (Wildman–Crippen LogP) is 5.03. The highest BCUT2D eigenvalue weighted by atomic mass is 16.5.